The van der Waals surface area contributed by atoms with Crippen LogP contribution in [0.5, 0.6) is 0 Å². The van der Waals surface area contributed by atoms with Gasteiger partial charge >= 0.3 is 0 Å². The molecule has 1 rings (SSSR count). The zero-order chi connectivity index (χ0) is 14.4. The number of benzene rings is 1. The quantitative estimate of drug-likeness (QED) is 0.753. The number of aryl methyl sites for hydroxylation is 3. The monoisotopic (exact) mass is 262 g/mol. The fraction of sp³-hybridized carbons (Fsp3) is 0.667. The van der Waals surface area contributed by atoms with Crippen molar-refractivity contribution in [1.29, 1.82) is 0 Å². The Labute approximate surface area is 119 Å². The molecule has 0 bridgehead atoms. The lowest BCUT2D eigenvalue weighted by atomic mass is 9.86. The van der Waals surface area contributed by atoms with Gasteiger partial charge in [-0.3, -0.25) is 0 Å². The molecule has 1 unspecified atom stereocenters. The maximum Gasteiger partial charge on any atom is 0.0608 e. The highest BCUT2D eigenvalue weighted by Gasteiger charge is 2.19. The van der Waals surface area contributed by atoms with E-state index in [-0.39, 0.29) is 6.10 Å². The summed E-state index contributed by atoms with van der Waals surface area (Å²) in [7, 11) is 0. The molecular formula is C18H30O. The van der Waals surface area contributed by atoms with E-state index in [0.29, 0.717) is 5.92 Å². The summed E-state index contributed by atoms with van der Waals surface area (Å²) in [6, 6.07) is 4.45. The van der Waals surface area contributed by atoms with Gasteiger partial charge in [0, 0.05) is 0 Å². The van der Waals surface area contributed by atoms with Gasteiger partial charge in [0.15, 0.2) is 0 Å². The van der Waals surface area contributed by atoms with E-state index < -0.39 is 0 Å². The van der Waals surface area contributed by atoms with Crippen molar-refractivity contribution in [2.45, 2.75) is 72.8 Å². The highest BCUT2D eigenvalue weighted by molar-refractivity contribution is 5.37. The lowest BCUT2D eigenvalue weighted by Crippen LogP contribution is -2.23. The summed E-state index contributed by atoms with van der Waals surface area (Å²) in [5, 5.41) is 10.5. The molecule has 1 aromatic rings. The van der Waals surface area contributed by atoms with Gasteiger partial charge in [-0.1, -0.05) is 44.4 Å². The zero-order valence-corrected chi connectivity index (χ0v) is 13.3. The Bertz CT molecular complexity index is 366. The topological polar surface area (TPSA) is 20.2 Å². The molecular weight excluding hydrogens is 232 g/mol. The Morgan fingerprint density at radius 3 is 1.84 bits per heavy atom. The highest BCUT2D eigenvalue weighted by Crippen LogP contribution is 2.24. The first kappa shape index (κ1) is 16.2. The van der Waals surface area contributed by atoms with Crippen molar-refractivity contribution < 1.29 is 5.11 Å². The van der Waals surface area contributed by atoms with Crippen LogP contribution >= 0.6 is 0 Å². The Hall–Kier alpha value is -0.820. The van der Waals surface area contributed by atoms with E-state index in [1.54, 1.807) is 0 Å². The van der Waals surface area contributed by atoms with E-state index in [1.807, 2.05) is 0 Å². The van der Waals surface area contributed by atoms with Crippen molar-refractivity contribution in [2.24, 2.45) is 5.92 Å². The van der Waals surface area contributed by atoms with Crippen LogP contribution in [-0.2, 0) is 6.42 Å². The van der Waals surface area contributed by atoms with Crippen molar-refractivity contribution in [3.05, 3.63) is 34.4 Å². The van der Waals surface area contributed by atoms with E-state index in [2.05, 4.69) is 46.8 Å². The van der Waals surface area contributed by atoms with Crippen LogP contribution in [0.3, 0.4) is 0 Å². The average molecular weight is 262 g/mol. The molecule has 0 amide bonds. The fourth-order valence-corrected chi connectivity index (χ4v) is 3.18. The van der Waals surface area contributed by atoms with Gasteiger partial charge in [0.2, 0.25) is 0 Å². The summed E-state index contributed by atoms with van der Waals surface area (Å²) < 4.78 is 0. The molecule has 0 spiro atoms. The molecule has 0 saturated carbocycles. The van der Waals surface area contributed by atoms with Gasteiger partial charge in [0.05, 0.1) is 6.10 Å². The maximum atomic E-state index is 10.5. The Morgan fingerprint density at radius 2 is 1.42 bits per heavy atom. The standard InChI is InChI=1S/C18H30O/c1-6-8-16(9-7-2)18(19)12-17-14(4)10-13(3)11-15(17)5/h10-11,16,18-19H,6-9,12H2,1-5H3. The molecule has 1 aromatic carbocycles. The van der Waals surface area contributed by atoms with Gasteiger partial charge in [-0.2, -0.15) is 0 Å². The number of hydrogen-bond acceptors (Lipinski definition) is 1. The largest absolute Gasteiger partial charge is 0.392 e. The predicted octanol–water partition coefficient (Wildman–Crippen LogP) is 4.73. The molecule has 0 aromatic heterocycles. The Kier molecular flexibility index (Phi) is 6.57. The lowest BCUT2D eigenvalue weighted by molar-refractivity contribution is 0.0960. The average Bonchev–Trinajstić information content (AvgIpc) is 2.33. The summed E-state index contributed by atoms with van der Waals surface area (Å²) in [4.78, 5) is 0. The predicted molar refractivity (Wildman–Crippen MR) is 83.7 cm³/mol. The van der Waals surface area contributed by atoms with Gasteiger partial charge < -0.3 is 5.11 Å². The molecule has 1 N–H and O–H groups in total. The van der Waals surface area contributed by atoms with E-state index in [1.165, 1.54) is 22.3 Å². The van der Waals surface area contributed by atoms with Crippen LogP contribution in [-0.4, -0.2) is 11.2 Å². The first-order chi connectivity index (χ1) is 8.99. The molecule has 0 aliphatic carbocycles. The maximum absolute atomic E-state index is 10.5. The van der Waals surface area contributed by atoms with Gasteiger partial charge in [0.25, 0.3) is 0 Å². The third-order valence-corrected chi connectivity index (χ3v) is 4.12. The molecule has 0 saturated heterocycles. The first-order valence-corrected chi connectivity index (χ1v) is 7.74. The molecule has 19 heavy (non-hydrogen) atoms. The minimum Gasteiger partial charge on any atom is -0.392 e. The molecule has 1 atom stereocenters. The Balaban J connectivity index is 2.82. The molecule has 0 aliphatic rings. The van der Waals surface area contributed by atoms with Gasteiger partial charge in [-0.15, -0.1) is 0 Å². The number of rotatable bonds is 7. The number of aliphatic hydroxyl groups excluding tert-OH is 1. The van der Waals surface area contributed by atoms with Crippen LogP contribution in [0.2, 0.25) is 0 Å². The third-order valence-electron chi connectivity index (χ3n) is 4.12. The highest BCUT2D eigenvalue weighted by atomic mass is 16.3. The zero-order valence-electron chi connectivity index (χ0n) is 13.3. The van der Waals surface area contributed by atoms with Crippen molar-refractivity contribution in [1.82, 2.24) is 0 Å². The lowest BCUT2D eigenvalue weighted by Gasteiger charge is -2.24. The van der Waals surface area contributed by atoms with Crippen LogP contribution in [0.15, 0.2) is 12.1 Å². The van der Waals surface area contributed by atoms with Crippen molar-refractivity contribution in [3.63, 3.8) is 0 Å². The smallest absolute Gasteiger partial charge is 0.0608 e. The number of aliphatic hydroxyl groups is 1. The number of hydrogen-bond donors (Lipinski definition) is 1. The normalized spacial score (nSPS) is 13.0. The summed E-state index contributed by atoms with van der Waals surface area (Å²) in [5.41, 5.74) is 5.30. The second-order valence-corrected chi connectivity index (χ2v) is 5.99. The van der Waals surface area contributed by atoms with E-state index in [4.69, 9.17) is 0 Å². The molecule has 0 radical (unpaired) electrons. The van der Waals surface area contributed by atoms with Crippen molar-refractivity contribution in [3.8, 4) is 0 Å². The minimum absolute atomic E-state index is 0.194. The molecule has 1 nitrogen and oxygen atoms in total. The SMILES string of the molecule is CCCC(CCC)C(O)Cc1c(C)cc(C)cc1C. The summed E-state index contributed by atoms with van der Waals surface area (Å²) >= 11 is 0. The molecule has 1 heteroatoms. The van der Waals surface area contributed by atoms with Crippen molar-refractivity contribution >= 4 is 0 Å². The van der Waals surface area contributed by atoms with Crippen LogP contribution < -0.4 is 0 Å². The van der Waals surface area contributed by atoms with Crippen LogP contribution in [0, 0.1) is 26.7 Å². The van der Waals surface area contributed by atoms with Crippen LogP contribution in [0.25, 0.3) is 0 Å². The molecule has 0 heterocycles. The van der Waals surface area contributed by atoms with E-state index in [0.717, 1.165) is 32.1 Å². The van der Waals surface area contributed by atoms with E-state index >= 15 is 0 Å². The van der Waals surface area contributed by atoms with Crippen molar-refractivity contribution in [2.75, 3.05) is 0 Å². The minimum atomic E-state index is -0.194. The second kappa shape index (κ2) is 7.69. The molecule has 0 aliphatic heterocycles. The molecule has 108 valence electrons. The first-order valence-electron chi connectivity index (χ1n) is 7.74. The summed E-state index contributed by atoms with van der Waals surface area (Å²) in [5.74, 6) is 0.454. The molecule has 0 fully saturated rings. The van der Waals surface area contributed by atoms with Crippen LogP contribution in [0.4, 0.5) is 0 Å². The van der Waals surface area contributed by atoms with Crippen LogP contribution in [0.1, 0.15) is 61.8 Å². The third kappa shape index (κ3) is 4.65. The van der Waals surface area contributed by atoms with E-state index in [9.17, 15) is 5.11 Å². The second-order valence-electron chi connectivity index (χ2n) is 5.99. The fourth-order valence-electron chi connectivity index (χ4n) is 3.18. The summed E-state index contributed by atoms with van der Waals surface area (Å²) in [6.45, 7) is 10.9. The Morgan fingerprint density at radius 1 is 0.947 bits per heavy atom. The van der Waals surface area contributed by atoms with Gasteiger partial charge in [0.1, 0.15) is 0 Å². The summed E-state index contributed by atoms with van der Waals surface area (Å²) in [6.07, 6.45) is 5.21. The van der Waals surface area contributed by atoms with Gasteiger partial charge in [-0.05, 0) is 62.6 Å². The van der Waals surface area contributed by atoms with Gasteiger partial charge in [-0.25, -0.2) is 0 Å².